The van der Waals surface area contributed by atoms with Crippen molar-refractivity contribution < 1.29 is 19.1 Å². The van der Waals surface area contributed by atoms with Crippen LogP contribution in [0.5, 0.6) is 11.5 Å². The molecule has 0 atom stereocenters. The lowest BCUT2D eigenvalue weighted by atomic mass is 10.2. The highest BCUT2D eigenvalue weighted by Gasteiger charge is 2.17. The third-order valence-corrected chi connectivity index (χ3v) is 3.23. The summed E-state index contributed by atoms with van der Waals surface area (Å²) in [6.07, 6.45) is 0. The van der Waals surface area contributed by atoms with Crippen LogP contribution in [0.4, 0.5) is 11.4 Å². The van der Waals surface area contributed by atoms with Crippen molar-refractivity contribution in [2.75, 3.05) is 17.4 Å². The molecule has 0 aliphatic carbocycles. The second kappa shape index (κ2) is 5.77. The molecule has 0 radical (unpaired) electrons. The summed E-state index contributed by atoms with van der Waals surface area (Å²) in [7, 11) is 0. The van der Waals surface area contributed by atoms with Crippen LogP contribution in [0.2, 0.25) is 0 Å². The Labute approximate surface area is 127 Å². The minimum absolute atomic E-state index is 0.153. The Balaban J connectivity index is 1.67. The molecule has 0 spiro atoms. The predicted molar refractivity (Wildman–Crippen MR) is 81.0 cm³/mol. The fraction of sp³-hybridized carbons (Fsp3) is 0.125. The monoisotopic (exact) mass is 298 g/mol. The maximum Gasteiger partial charge on any atom is 0.314 e. The molecule has 2 amide bonds. The second-order valence-electron chi connectivity index (χ2n) is 4.79. The van der Waals surface area contributed by atoms with E-state index in [0.29, 0.717) is 22.9 Å². The number of para-hydroxylation sites is 1. The number of hydrogen-bond donors (Lipinski definition) is 2. The topological polar surface area (TPSA) is 76.7 Å². The van der Waals surface area contributed by atoms with Gasteiger partial charge < -0.3 is 20.1 Å². The van der Waals surface area contributed by atoms with Gasteiger partial charge in [-0.2, -0.15) is 0 Å². The van der Waals surface area contributed by atoms with Gasteiger partial charge in [0.1, 0.15) is 0 Å². The van der Waals surface area contributed by atoms with E-state index in [1.807, 2.05) is 19.1 Å². The Hall–Kier alpha value is -3.02. The highest BCUT2D eigenvalue weighted by Crippen LogP contribution is 2.34. The van der Waals surface area contributed by atoms with Gasteiger partial charge >= 0.3 is 11.8 Å². The van der Waals surface area contributed by atoms with Crippen LogP contribution in [0, 0.1) is 6.92 Å². The van der Waals surface area contributed by atoms with Crippen molar-refractivity contribution in [1.82, 2.24) is 0 Å². The third kappa shape index (κ3) is 2.85. The van der Waals surface area contributed by atoms with E-state index in [9.17, 15) is 9.59 Å². The summed E-state index contributed by atoms with van der Waals surface area (Å²) in [5.41, 5.74) is 1.95. The zero-order valence-electron chi connectivity index (χ0n) is 11.9. The number of fused-ring (bicyclic) bond motifs is 1. The van der Waals surface area contributed by atoms with Gasteiger partial charge in [0, 0.05) is 17.4 Å². The first-order chi connectivity index (χ1) is 10.6. The second-order valence-corrected chi connectivity index (χ2v) is 4.79. The summed E-state index contributed by atoms with van der Waals surface area (Å²) >= 11 is 0. The van der Waals surface area contributed by atoms with E-state index >= 15 is 0 Å². The summed E-state index contributed by atoms with van der Waals surface area (Å²) in [6, 6.07) is 12.2. The first-order valence-electron chi connectivity index (χ1n) is 6.71. The van der Waals surface area contributed by atoms with Crippen molar-refractivity contribution in [2.45, 2.75) is 6.92 Å². The summed E-state index contributed by atoms with van der Waals surface area (Å²) in [6.45, 7) is 2.01. The lowest BCUT2D eigenvalue weighted by Gasteiger charge is -2.09. The Kier molecular flexibility index (Phi) is 3.65. The van der Waals surface area contributed by atoms with E-state index < -0.39 is 11.8 Å². The molecule has 112 valence electrons. The molecule has 0 saturated heterocycles. The van der Waals surface area contributed by atoms with Crippen molar-refractivity contribution in [3.63, 3.8) is 0 Å². The highest BCUT2D eigenvalue weighted by atomic mass is 16.7. The van der Waals surface area contributed by atoms with Crippen LogP contribution < -0.4 is 20.1 Å². The normalized spacial score (nSPS) is 11.9. The van der Waals surface area contributed by atoms with Crippen LogP contribution >= 0.6 is 0 Å². The van der Waals surface area contributed by atoms with Crippen molar-refractivity contribution >= 4 is 23.2 Å². The number of nitrogens with one attached hydrogen (secondary N) is 2. The molecule has 1 aliphatic heterocycles. The Morgan fingerprint density at radius 1 is 0.955 bits per heavy atom. The summed E-state index contributed by atoms with van der Waals surface area (Å²) in [5.74, 6) is -0.325. The van der Waals surface area contributed by atoms with Crippen LogP contribution in [0.3, 0.4) is 0 Å². The first-order valence-corrected chi connectivity index (χ1v) is 6.71. The van der Waals surface area contributed by atoms with Gasteiger partial charge in [-0.3, -0.25) is 9.59 Å². The molecule has 0 fully saturated rings. The van der Waals surface area contributed by atoms with Gasteiger partial charge in [-0.1, -0.05) is 18.2 Å². The van der Waals surface area contributed by atoms with E-state index in [4.69, 9.17) is 9.47 Å². The number of amides is 2. The average Bonchev–Trinajstić information content (AvgIpc) is 2.97. The molecule has 2 aromatic rings. The Bertz CT molecular complexity index is 743. The van der Waals surface area contributed by atoms with Crippen LogP contribution in [0.15, 0.2) is 42.5 Å². The fourth-order valence-electron chi connectivity index (χ4n) is 2.05. The average molecular weight is 298 g/mol. The standard InChI is InChI=1S/C16H14N2O4/c1-10-4-2-3-5-12(10)18-16(20)15(19)17-11-6-7-13-14(8-11)22-9-21-13/h2-8H,9H2,1H3,(H,17,19)(H,18,20). The zero-order chi connectivity index (χ0) is 15.5. The van der Waals surface area contributed by atoms with Gasteiger partial charge in [-0.15, -0.1) is 0 Å². The van der Waals surface area contributed by atoms with Crippen LogP contribution in [-0.2, 0) is 9.59 Å². The molecule has 22 heavy (non-hydrogen) atoms. The number of anilines is 2. The van der Waals surface area contributed by atoms with Crippen LogP contribution in [0.25, 0.3) is 0 Å². The Morgan fingerprint density at radius 2 is 1.68 bits per heavy atom. The van der Waals surface area contributed by atoms with E-state index in [-0.39, 0.29) is 6.79 Å². The maximum absolute atomic E-state index is 11.9. The van der Waals surface area contributed by atoms with E-state index in [1.165, 1.54) is 0 Å². The molecule has 0 bridgehead atoms. The predicted octanol–water partition coefficient (Wildman–Crippen LogP) is 2.30. The number of hydrogen-bond acceptors (Lipinski definition) is 4. The Morgan fingerprint density at radius 3 is 2.50 bits per heavy atom. The van der Waals surface area contributed by atoms with Gasteiger partial charge in [-0.25, -0.2) is 0 Å². The zero-order valence-corrected chi connectivity index (χ0v) is 11.9. The van der Waals surface area contributed by atoms with Gasteiger partial charge in [0.05, 0.1) is 0 Å². The largest absolute Gasteiger partial charge is 0.454 e. The molecule has 6 heteroatoms. The smallest absolute Gasteiger partial charge is 0.314 e. The maximum atomic E-state index is 11.9. The van der Waals surface area contributed by atoms with Crippen molar-refractivity contribution in [3.05, 3.63) is 48.0 Å². The van der Waals surface area contributed by atoms with E-state index in [2.05, 4.69) is 10.6 Å². The summed E-state index contributed by atoms with van der Waals surface area (Å²) in [5, 5.41) is 5.10. The molecule has 0 aromatic heterocycles. The van der Waals surface area contributed by atoms with Gasteiger partial charge in [0.2, 0.25) is 6.79 Å². The molecular weight excluding hydrogens is 284 g/mol. The third-order valence-electron chi connectivity index (χ3n) is 3.23. The molecule has 1 heterocycles. The molecule has 0 saturated carbocycles. The minimum atomic E-state index is -0.748. The fourth-order valence-corrected chi connectivity index (χ4v) is 2.05. The molecule has 2 N–H and O–H groups in total. The number of aryl methyl sites for hydroxylation is 1. The van der Waals surface area contributed by atoms with Crippen molar-refractivity contribution in [1.29, 1.82) is 0 Å². The molecule has 6 nitrogen and oxygen atoms in total. The molecular formula is C16H14N2O4. The van der Waals surface area contributed by atoms with Crippen molar-refractivity contribution in [2.24, 2.45) is 0 Å². The lowest BCUT2D eigenvalue weighted by molar-refractivity contribution is -0.133. The number of carbonyl (C=O) groups is 2. The summed E-state index contributed by atoms with van der Waals surface area (Å²) < 4.78 is 10.4. The number of ether oxygens (including phenoxy) is 2. The van der Waals surface area contributed by atoms with E-state index in [0.717, 1.165) is 5.56 Å². The highest BCUT2D eigenvalue weighted by molar-refractivity contribution is 6.43. The first kappa shape index (κ1) is 13.9. The van der Waals surface area contributed by atoms with E-state index in [1.54, 1.807) is 30.3 Å². The minimum Gasteiger partial charge on any atom is -0.454 e. The number of rotatable bonds is 2. The number of benzene rings is 2. The van der Waals surface area contributed by atoms with Gasteiger partial charge in [-0.05, 0) is 30.7 Å². The van der Waals surface area contributed by atoms with Gasteiger partial charge in [0.25, 0.3) is 0 Å². The van der Waals surface area contributed by atoms with Crippen LogP contribution in [0.1, 0.15) is 5.56 Å². The lowest BCUT2D eigenvalue weighted by Crippen LogP contribution is -2.29. The van der Waals surface area contributed by atoms with Gasteiger partial charge in [0.15, 0.2) is 11.5 Å². The quantitative estimate of drug-likeness (QED) is 0.834. The molecule has 1 aliphatic rings. The molecule has 2 aromatic carbocycles. The van der Waals surface area contributed by atoms with Crippen molar-refractivity contribution in [3.8, 4) is 11.5 Å². The molecule has 0 unspecified atom stereocenters. The summed E-state index contributed by atoms with van der Waals surface area (Å²) in [4.78, 5) is 23.9. The number of carbonyl (C=O) groups excluding carboxylic acids is 2. The molecule has 3 rings (SSSR count). The SMILES string of the molecule is Cc1ccccc1NC(=O)C(=O)Nc1ccc2c(c1)OCO2. The van der Waals surface area contributed by atoms with Crippen LogP contribution in [-0.4, -0.2) is 18.6 Å².